The van der Waals surface area contributed by atoms with Gasteiger partial charge in [0, 0.05) is 11.3 Å². The van der Waals surface area contributed by atoms with Gasteiger partial charge in [-0.3, -0.25) is 14.5 Å². The van der Waals surface area contributed by atoms with Crippen molar-refractivity contribution in [2.75, 3.05) is 11.5 Å². The van der Waals surface area contributed by atoms with Crippen molar-refractivity contribution in [1.29, 1.82) is 5.26 Å². The van der Waals surface area contributed by atoms with E-state index in [-0.39, 0.29) is 11.3 Å². The third kappa shape index (κ3) is 4.82. The molecule has 178 valence electrons. The molecule has 1 atom stereocenters. The highest BCUT2D eigenvalue weighted by Crippen LogP contribution is 2.42. The number of anilines is 1. The number of ether oxygens (including phenoxy) is 1. The van der Waals surface area contributed by atoms with Crippen LogP contribution in [0.1, 0.15) is 54.9 Å². The van der Waals surface area contributed by atoms with Crippen LogP contribution in [0.2, 0.25) is 0 Å². The van der Waals surface area contributed by atoms with Gasteiger partial charge >= 0.3 is 0 Å². The molecule has 0 aliphatic carbocycles. The first-order valence-corrected chi connectivity index (χ1v) is 11.5. The number of furan rings is 1. The van der Waals surface area contributed by atoms with E-state index in [1.807, 2.05) is 6.07 Å². The smallest absolute Gasteiger partial charge is 0.300 e. The maximum absolute atomic E-state index is 13.2. The maximum Gasteiger partial charge on any atom is 0.300 e. The average molecular weight is 471 g/mol. The van der Waals surface area contributed by atoms with Crippen molar-refractivity contribution >= 4 is 23.1 Å². The number of ketones is 1. The SMILES string of the molecule is CCCCCOc1ccc(/C(O)=C2/C(=O)C(=O)N(c3ccc(C#N)cc3)C2c2ccc(C)o2)cc1. The van der Waals surface area contributed by atoms with Gasteiger partial charge in [0.05, 0.1) is 23.8 Å². The fourth-order valence-corrected chi connectivity index (χ4v) is 4.07. The summed E-state index contributed by atoms with van der Waals surface area (Å²) < 4.78 is 11.5. The van der Waals surface area contributed by atoms with Crippen LogP contribution in [0.25, 0.3) is 5.76 Å². The Kier molecular flexibility index (Phi) is 7.02. The minimum Gasteiger partial charge on any atom is -0.507 e. The van der Waals surface area contributed by atoms with Gasteiger partial charge in [0.2, 0.25) is 0 Å². The normalized spacial score (nSPS) is 16.9. The first-order valence-electron chi connectivity index (χ1n) is 11.5. The fraction of sp³-hybridized carbons (Fsp3) is 0.250. The molecule has 1 N–H and O–H groups in total. The summed E-state index contributed by atoms with van der Waals surface area (Å²) in [6.45, 7) is 4.49. The van der Waals surface area contributed by atoms with Crippen molar-refractivity contribution in [3.05, 3.63) is 88.9 Å². The third-order valence-electron chi connectivity index (χ3n) is 5.89. The summed E-state index contributed by atoms with van der Waals surface area (Å²) >= 11 is 0. The second kappa shape index (κ2) is 10.3. The highest BCUT2D eigenvalue weighted by atomic mass is 16.5. The number of amides is 1. The first kappa shape index (κ1) is 23.8. The molecule has 0 bridgehead atoms. The van der Waals surface area contributed by atoms with Gasteiger partial charge in [-0.05, 0) is 74.0 Å². The lowest BCUT2D eigenvalue weighted by Crippen LogP contribution is -2.29. The third-order valence-corrected chi connectivity index (χ3v) is 5.89. The average Bonchev–Trinajstić information content (AvgIpc) is 3.42. The lowest BCUT2D eigenvalue weighted by atomic mass is 9.99. The van der Waals surface area contributed by atoms with Crippen LogP contribution in [0, 0.1) is 18.3 Å². The Morgan fingerprint density at radius 1 is 1.06 bits per heavy atom. The van der Waals surface area contributed by atoms with E-state index < -0.39 is 17.7 Å². The minimum absolute atomic E-state index is 0.0645. The summed E-state index contributed by atoms with van der Waals surface area (Å²) in [5.74, 6) is -0.277. The molecule has 1 saturated heterocycles. The molecule has 1 fully saturated rings. The molecule has 1 aliphatic heterocycles. The van der Waals surface area contributed by atoms with Crippen LogP contribution >= 0.6 is 0 Å². The minimum atomic E-state index is -0.957. The highest BCUT2D eigenvalue weighted by Gasteiger charge is 2.48. The zero-order valence-electron chi connectivity index (χ0n) is 19.7. The zero-order valence-corrected chi connectivity index (χ0v) is 19.7. The molecule has 1 unspecified atom stereocenters. The Balaban J connectivity index is 1.73. The molecule has 0 radical (unpaired) electrons. The molecule has 2 heterocycles. The van der Waals surface area contributed by atoms with Crippen molar-refractivity contribution in [3.63, 3.8) is 0 Å². The van der Waals surface area contributed by atoms with Gasteiger partial charge in [-0.2, -0.15) is 5.26 Å². The van der Waals surface area contributed by atoms with Gasteiger partial charge in [0.25, 0.3) is 11.7 Å². The van der Waals surface area contributed by atoms with Gasteiger partial charge in [-0.1, -0.05) is 19.8 Å². The number of rotatable bonds is 8. The number of aliphatic hydroxyl groups excluding tert-OH is 1. The van der Waals surface area contributed by atoms with E-state index >= 15 is 0 Å². The van der Waals surface area contributed by atoms with Gasteiger partial charge in [-0.15, -0.1) is 0 Å². The molecular weight excluding hydrogens is 444 g/mol. The lowest BCUT2D eigenvalue weighted by Gasteiger charge is -2.23. The van der Waals surface area contributed by atoms with Crippen molar-refractivity contribution in [1.82, 2.24) is 0 Å². The monoisotopic (exact) mass is 470 g/mol. The van der Waals surface area contributed by atoms with Crippen molar-refractivity contribution in [2.45, 2.75) is 39.2 Å². The molecule has 1 aliphatic rings. The Bertz CT molecular complexity index is 1300. The molecule has 3 aromatic rings. The van der Waals surface area contributed by atoms with Crippen LogP contribution in [0.4, 0.5) is 5.69 Å². The Labute approximate surface area is 203 Å². The number of hydrogen-bond acceptors (Lipinski definition) is 6. The molecule has 35 heavy (non-hydrogen) atoms. The number of aryl methyl sites for hydroxylation is 1. The number of nitrogens with zero attached hydrogens (tertiary/aromatic N) is 2. The van der Waals surface area contributed by atoms with E-state index in [0.717, 1.165) is 19.3 Å². The number of hydrogen-bond donors (Lipinski definition) is 1. The summed E-state index contributed by atoms with van der Waals surface area (Å²) in [7, 11) is 0. The molecule has 7 heteroatoms. The number of carbonyl (C=O) groups excluding carboxylic acids is 2. The second-order valence-electron chi connectivity index (χ2n) is 8.36. The Morgan fingerprint density at radius 3 is 2.37 bits per heavy atom. The van der Waals surface area contributed by atoms with E-state index in [9.17, 15) is 14.7 Å². The number of carbonyl (C=O) groups is 2. The van der Waals surface area contributed by atoms with Gasteiger partial charge in [-0.25, -0.2) is 0 Å². The van der Waals surface area contributed by atoms with Crippen LogP contribution in [-0.2, 0) is 9.59 Å². The van der Waals surface area contributed by atoms with Gasteiger partial charge in [0.15, 0.2) is 0 Å². The molecule has 4 rings (SSSR count). The van der Waals surface area contributed by atoms with Crippen LogP contribution in [-0.4, -0.2) is 23.4 Å². The number of unbranched alkanes of at least 4 members (excludes halogenated alkanes) is 2. The highest BCUT2D eigenvalue weighted by molar-refractivity contribution is 6.51. The molecule has 0 saturated carbocycles. The Morgan fingerprint density at radius 2 is 1.77 bits per heavy atom. The van der Waals surface area contributed by atoms with Crippen molar-refractivity contribution in [2.24, 2.45) is 0 Å². The fourth-order valence-electron chi connectivity index (χ4n) is 4.07. The Hall–Kier alpha value is -4.31. The number of aliphatic hydroxyl groups is 1. The van der Waals surface area contributed by atoms with Crippen LogP contribution in [0.3, 0.4) is 0 Å². The maximum atomic E-state index is 13.2. The lowest BCUT2D eigenvalue weighted by molar-refractivity contribution is -0.132. The number of Topliss-reactive ketones (excluding diaryl/α,β-unsaturated/α-hetero) is 1. The van der Waals surface area contributed by atoms with E-state index in [2.05, 4.69) is 6.92 Å². The van der Waals surface area contributed by atoms with Crippen LogP contribution < -0.4 is 9.64 Å². The topological polar surface area (TPSA) is 104 Å². The summed E-state index contributed by atoms with van der Waals surface area (Å²) in [6, 6.07) is 17.6. The second-order valence-corrected chi connectivity index (χ2v) is 8.36. The number of benzene rings is 2. The summed E-state index contributed by atoms with van der Waals surface area (Å²) in [5, 5.41) is 20.3. The quantitative estimate of drug-likeness (QED) is 0.197. The van der Waals surface area contributed by atoms with Gasteiger partial charge < -0.3 is 14.3 Å². The largest absolute Gasteiger partial charge is 0.507 e. The van der Waals surface area contributed by atoms with Crippen molar-refractivity contribution < 1.29 is 23.8 Å². The predicted molar refractivity (Wildman–Crippen MR) is 131 cm³/mol. The van der Waals surface area contributed by atoms with E-state index in [1.54, 1.807) is 67.6 Å². The van der Waals surface area contributed by atoms with E-state index in [4.69, 9.17) is 14.4 Å². The summed E-state index contributed by atoms with van der Waals surface area (Å²) in [5.41, 5.74) is 1.16. The number of nitriles is 1. The van der Waals surface area contributed by atoms with Gasteiger partial charge in [0.1, 0.15) is 29.1 Å². The zero-order chi connectivity index (χ0) is 24.9. The predicted octanol–water partition coefficient (Wildman–Crippen LogP) is 5.66. The molecule has 7 nitrogen and oxygen atoms in total. The molecular formula is C28H26N2O5. The molecule has 1 aromatic heterocycles. The molecule has 0 spiro atoms. The van der Waals surface area contributed by atoms with E-state index in [0.29, 0.717) is 40.7 Å². The standard InChI is InChI=1S/C28H26N2O5/c1-3-4-5-16-34-22-13-9-20(10-14-22)26(31)24-25(23-15-6-18(2)35-23)30(28(33)27(24)32)21-11-7-19(17-29)8-12-21/h6-15,25,31H,3-5,16H2,1-2H3/b26-24-. The molecule has 2 aromatic carbocycles. The van der Waals surface area contributed by atoms with Crippen LogP contribution in [0.5, 0.6) is 5.75 Å². The summed E-state index contributed by atoms with van der Waals surface area (Å²) in [4.78, 5) is 27.6. The first-order chi connectivity index (χ1) is 16.9. The summed E-state index contributed by atoms with van der Waals surface area (Å²) in [6.07, 6.45) is 3.15. The van der Waals surface area contributed by atoms with Crippen LogP contribution in [0.15, 0.2) is 70.7 Å². The van der Waals surface area contributed by atoms with Crippen molar-refractivity contribution in [3.8, 4) is 11.8 Å². The van der Waals surface area contributed by atoms with E-state index in [1.165, 1.54) is 4.90 Å². The molecule has 1 amide bonds.